The fourth-order valence-corrected chi connectivity index (χ4v) is 4.69. The van der Waals surface area contributed by atoms with Gasteiger partial charge in [0.25, 0.3) is 0 Å². The van der Waals surface area contributed by atoms with Crippen LogP contribution in [0, 0.1) is 5.92 Å². The topological polar surface area (TPSA) is 19.4 Å². The van der Waals surface area contributed by atoms with Crippen molar-refractivity contribution in [1.82, 2.24) is 9.88 Å². The maximum atomic E-state index is 4.79. The third-order valence-corrected chi connectivity index (χ3v) is 6.01. The number of piperazine rings is 1. The van der Waals surface area contributed by atoms with Crippen molar-refractivity contribution in [3.8, 4) is 0 Å². The summed E-state index contributed by atoms with van der Waals surface area (Å²) >= 11 is 1.83. The Hall–Kier alpha value is -1.13. The smallest absolute Gasteiger partial charge is 0.186 e. The Kier molecular flexibility index (Phi) is 3.82. The van der Waals surface area contributed by atoms with E-state index in [1.165, 1.54) is 55.1 Å². The van der Waals surface area contributed by atoms with Gasteiger partial charge in [-0.1, -0.05) is 36.3 Å². The zero-order valence-electron chi connectivity index (χ0n) is 12.5. The van der Waals surface area contributed by atoms with Gasteiger partial charge < -0.3 is 4.90 Å². The molecule has 3 nitrogen and oxygen atoms in total. The van der Waals surface area contributed by atoms with Gasteiger partial charge in [-0.05, 0) is 30.9 Å². The number of anilines is 1. The predicted octanol–water partition coefficient (Wildman–Crippen LogP) is 3.61. The van der Waals surface area contributed by atoms with Crippen LogP contribution in [0.3, 0.4) is 0 Å². The third-order valence-electron chi connectivity index (χ3n) is 4.92. The largest absolute Gasteiger partial charge is 0.345 e. The molecule has 0 N–H and O–H groups in total. The molecule has 112 valence electrons. The van der Waals surface area contributed by atoms with Gasteiger partial charge in [0.05, 0.1) is 10.2 Å². The first-order valence-corrected chi connectivity index (χ1v) is 9.03. The van der Waals surface area contributed by atoms with E-state index in [-0.39, 0.29) is 0 Å². The second-order valence-corrected chi connectivity index (χ2v) is 7.41. The predicted molar refractivity (Wildman–Crippen MR) is 90.2 cm³/mol. The number of benzene rings is 1. The Morgan fingerprint density at radius 2 is 1.81 bits per heavy atom. The van der Waals surface area contributed by atoms with E-state index in [1.54, 1.807) is 0 Å². The Morgan fingerprint density at radius 3 is 2.57 bits per heavy atom. The van der Waals surface area contributed by atoms with Crippen molar-refractivity contribution < 1.29 is 0 Å². The lowest BCUT2D eigenvalue weighted by Gasteiger charge is -2.35. The second kappa shape index (κ2) is 5.93. The summed E-state index contributed by atoms with van der Waals surface area (Å²) in [6.45, 7) is 5.99. The minimum absolute atomic E-state index is 0.971. The molecule has 0 radical (unpaired) electrons. The molecule has 1 aliphatic heterocycles. The number of hydrogen-bond donors (Lipinski definition) is 0. The fraction of sp³-hybridized carbons (Fsp3) is 0.588. The quantitative estimate of drug-likeness (QED) is 0.863. The zero-order chi connectivity index (χ0) is 14.1. The molecule has 2 aromatic rings. The lowest BCUT2D eigenvalue weighted by molar-refractivity contribution is 0.220. The highest BCUT2D eigenvalue weighted by atomic mass is 32.1. The van der Waals surface area contributed by atoms with Gasteiger partial charge in [0, 0.05) is 32.7 Å². The molecule has 21 heavy (non-hydrogen) atoms. The van der Waals surface area contributed by atoms with Crippen LogP contribution in [0.5, 0.6) is 0 Å². The van der Waals surface area contributed by atoms with Crippen molar-refractivity contribution in [2.75, 3.05) is 37.6 Å². The van der Waals surface area contributed by atoms with E-state index in [2.05, 4.69) is 34.1 Å². The molecule has 0 bridgehead atoms. The summed E-state index contributed by atoms with van der Waals surface area (Å²) in [6.07, 6.45) is 5.82. The Balaban J connectivity index is 1.38. The fourth-order valence-electron chi connectivity index (χ4n) is 3.68. The van der Waals surface area contributed by atoms with Gasteiger partial charge in [0.15, 0.2) is 5.13 Å². The molecular formula is C17H23N3S. The molecule has 0 unspecified atom stereocenters. The van der Waals surface area contributed by atoms with Gasteiger partial charge in [-0.25, -0.2) is 4.98 Å². The molecule has 2 aliphatic rings. The number of hydrogen-bond acceptors (Lipinski definition) is 4. The summed E-state index contributed by atoms with van der Waals surface area (Å²) in [5.74, 6) is 0.971. The summed E-state index contributed by atoms with van der Waals surface area (Å²) in [5.41, 5.74) is 1.14. The minimum atomic E-state index is 0.971. The van der Waals surface area contributed by atoms with E-state index < -0.39 is 0 Å². The van der Waals surface area contributed by atoms with Gasteiger partial charge in [-0.15, -0.1) is 0 Å². The van der Waals surface area contributed by atoms with Crippen LogP contribution in [-0.2, 0) is 0 Å². The molecule has 1 aromatic heterocycles. The summed E-state index contributed by atoms with van der Waals surface area (Å²) < 4.78 is 1.31. The van der Waals surface area contributed by atoms with Crippen LogP contribution < -0.4 is 4.90 Å². The summed E-state index contributed by atoms with van der Waals surface area (Å²) in [5, 5.41) is 1.21. The minimum Gasteiger partial charge on any atom is -0.345 e. The van der Waals surface area contributed by atoms with Crippen LogP contribution in [0.15, 0.2) is 24.3 Å². The number of para-hydroxylation sites is 1. The van der Waals surface area contributed by atoms with E-state index in [0.29, 0.717) is 0 Å². The Labute approximate surface area is 130 Å². The number of thiazole rings is 1. The molecule has 4 heteroatoms. The SMILES string of the molecule is c1ccc2sc(N3CCN(CC4CCCC4)CC3)nc2c1. The molecule has 2 heterocycles. The van der Waals surface area contributed by atoms with Crippen LogP contribution in [0.4, 0.5) is 5.13 Å². The zero-order valence-corrected chi connectivity index (χ0v) is 13.3. The van der Waals surface area contributed by atoms with Crippen molar-refractivity contribution in [3.63, 3.8) is 0 Å². The standard InChI is InChI=1S/C17H23N3S/c1-2-6-14(5-1)13-19-9-11-20(12-10-19)17-18-15-7-3-4-8-16(15)21-17/h3-4,7-8,14H,1-2,5-6,9-13H2. The molecule has 1 aromatic carbocycles. The lowest BCUT2D eigenvalue weighted by atomic mass is 10.1. The third kappa shape index (κ3) is 2.92. The second-order valence-electron chi connectivity index (χ2n) is 6.40. The molecule has 0 amide bonds. The van der Waals surface area contributed by atoms with Crippen molar-refractivity contribution >= 4 is 26.7 Å². The van der Waals surface area contributed by atoms with E-state index in [1.807, 2.05) is 11.3 Å². The average molecular weight is 301 g/mol. The number of aromatic nitrogens is 1. The average Bonchev–Trinajstić information content (AvgIpc) is 3.16. The monoisotopic (exact) mass is 301 g/mol. The molecule has 0 spiro atoms. The van der Waals surface area contributed by atoms with Crippen molar-refractivity contribution in [2.24, 2.45) is 5.92 Å². The first-order valence-electron chi connectivity index (χ1n) is 8.21. The Bertz CT molecular complexity index is 562. The van der Waals surface area contributed by atoms with E-state index in [9.17, 15) is 0 Å². The highest BCUT2D eigenvalue weighted by molar-refractivity contribution is 7.22. The Morgan fingerprint density at radius 1 is 1.05 bits per heavy atom. The molecule has 2 fully saturated rings. The first-order chi connectivity index (χ1) is 10.4. The number of nitrogens with zero attached hydrogens (tertiary/aromatic N) is 3. The van der Waals surface area contributed by atoms with Crippen LogP contribution in [-0.4, -0.2) is 42.6 Å². The molecule has 0 atom stereocenters. The molecule has 4 rings (SSSR count). The van der Waals surface area contributed by atoms with Gasteiger partial charge >= 0.3 is 0 Å². The number of rotatable bonds is 3. The van der Waals surface area contributed by atoms with E-state index >= 15 is 0 Å². The summed E-state index contributed by atoms with van der Waals surface area (Å²) in [6, 6.07) is 8.47. The van der Waals surface area contributed by atoms with Gasteiger partial charge in [0.2, 0.25) is 0 Å². The molecular weight excluding hydrogens is 278 g/mol. The van der Waals surface area contributed by atoms with Crippen LogP contribution in [0.2, 0.25) is 0 Å². The van der Waals surface area contributed by atoms with Gasteiger partial charge in [-0.3, -0.25) is 4.90 Å². The number of fused-ring (bicyclic) bond motifs is 1. The molecule has 1 saturated heterocycles. The first kappa shape index (κ1) is 13.5. The van der Waals surface area contributed by atoms with Gasteiger partial charge in [-0.2, -0.15) is 0 Å². The van der Waals surface area contributed by atoms with Crippen LogP contribution in [0.1, 0.15) is 25.7 Å². The molecule has 1 aliphatic carbocycles. The highest BCUT2D eigenvalue weighted by Crippen LogP contribution is 2.30. The van der Waals surface area contributed by atoms with E-state index in [0.717, 1.165) is 24.5 Å². The van der Waals surface area contributed by atoms with Crippen LogP contribution >= 0.6 is 11.3 Å². The molecule has 1 saturated carbocycles. The normalized spacial score (nSPS) is 21.4. The van der Waals surface area contributed by atoms with Crippen LogP contribution in [0.25, 0.3) is 10.2 Å². The summed E-state index contributed by atoms with van der Waals surface area (Å²) in [4.78, 5) is 9.93. The van der Waals surface area contributed by atoms with Gasteiger partial charge in [0.1, 0.15) is 0 Å². The van der Waals surface area contributed by atoms with Crippen molar-refractivity contribution in [3.05, 3.63) is 24.3 Å². The summed E-state index contributed by atoms with van der Waals surface area (Å²) in [7, 11) is 0. The maximum Gasteiger partial charge on any atom is 0.186 e. The van der Waals surface area contributed by atoms with Crippen molar-refractivity contribution in [2.45, 2.75) is 25.7 Å². The highest BCUT2D eigenvalue weighted by Gasteiger charge is 2.23. The maximum absolute atomic E-state index is 4.79. The lowest BCUT2D eigenvalue weighted by Crippen LogP contribution is -2.47. The van der Waals surface area contributed by atoms with E-state index in [4.69, 9.17) is 4.98 Å². The van der Waals surface area contributed by atoms with Crippen molar-refractivity contribution in [1.29, 1.82) is 0 Å².